The molecule has 0 bridgehead atoms. The summed E-state index contributed by atoms with van der Waals surface area (Å²) in [6, 6.07) is 12.3. The van der Waals surface area contributed by atoms with Gasteiger partial charge in [-0.15, -0.1) is 0 Å². The number of carbonyl (C=O) groups is 1. The number of amides is 2. The third-order valence-electron chi connectivity index (χ3n) is 4.69. The lowest BCUT2D eigenvalue weighted by atomic mass is 10.1. The Balaban J connectivity index is 1.53. The molecule has 1 saturated heterocycles. The van der Waals surface area contributed by atoms with E-state index in [0.29, 0.717) is 34.0 Å². The summed E-state index contributed by atoms with van der Waals surface area (Å²) in [5, 5.41) is 7.82. The van der Waals surface area contributed by atoms with Gasteiger partial charge in [0, 0.05) is 17.1 Å². The predicted octanol–water partition coefficient (Wildman–Crippen LogP) is 5.72. The Morgan fingerprint density at radius 3 is 2.89 bits per heavy atom. The highest BCUT2D eigenvalue weighted by Gasteiger charge is 2.34. The number of benzene rings is 2. The first-order valence-corrected chi connectivity index (χ1v) is 9.70. The first kappa shape index (κ1) is 18.8. The Bertz CT molecular complexity index is 1020. The van der Waals surface area contributed by atoms with E-state index in [1.807, 2.05) is 31.2 Å². The molecule has 28 heavy (non-hydrogen) atoms. The minimum Gasteiger partial charge on any atom is -0.337 e. The van der Waals surface area contributed by atoms with E-state index in [1.54, 1.807) is 23.1 Å². The number of rotatable bonds is 3. The van der Waals surface area contributed by atoms with Crippen LogP contribution in [0.5, 0.6) is 0 Å². The van der Waals surface area contributed by atoms with Crippen molar-refractivity contribution in [3.63, 3.8) is 0 Å². The number of urea groups is 1. The van der Waals surface area contributed by atoms with E-state index in [2.05, 4.69) is 15.5 Å². The lowest BCUT2D eigenvalue weighted by Gasteiger charge is -2.22. The number of hydrogen-bond donors (Lipinski definition) is 1. The van der Waals surface area contributed by atoms with Crippen LogP contribution < -0.4 is 5.32 Å². The summed E-state index contributed by atoms with van der Waals surface area (Å²) in [6.07, 6.45) is 1.62. The fourth-order valence-electron chi connectivity index (χ4n) is 3.32. The van der Waals surface area contributed by atoms with Gasteiger partial charge < -0.3 is 14.7 Å². The van der Waals surface area contributed by atoms with E-state index in [0.717, 1.165) is 24.0 Å². The van der Waals surface area contributed by atoms with Crippen molar-refractivity contribution in [2.24, 2.45) is 0 Å². The molecule has 144 valence electrons. The van der Waals surface area contributed by atoms with Gasteiger partial charge in [0.15, 0.2) is 0 Å². The number of nitrogens with zero attached hydrogens (tertiary/aromatic N) is 3. The lowest BCUT2D eigenvalue weighted by molar-refractivity contribution is 0.193. The zero-order chi connectivity index (χ0) is 19.7. The van der Waals surface area contributed by atoms with Crippen LogP contribution in [0.2, 0.25) is 10.0 Å². The Morgan fingerprint density at radius 1 is 1.25 bits per heavy atom. The van der Waals surface area contributed by atoms with E-state index in [-0.39, 0.29) is 12.1 Å². The summed E-state index contributed by atoms with van der Waals surface area (Å²) in [5.41, 5.74) is 2.51. The van der Waals surface area contributed by atoms with Crippen LogP contribution in [0.1, 0.15) is 30.3 Å². The average molecular weight is 417 g/mol. The first-order valence-electron chi connectivity index (χ1n) is 8.94. The quantitative estimate of drug-likeness (QED) is 0.592. The van der Waals surface area contributed by atoms with Crippen LogP contribution in [0.15, 0.2) is 47.0 Å². The Labute approximate surface area is 172 Å². The standard InChI is InChI=1S/C20H18Cl2N4O2/c1-12-4-2-5-13(10-12)18-24-19(28-25-18)17-6-3-9-26(17)20(27)23-16-8-7-14(21)11-15(16)22/h2,4-5,7-8,10-11,17H,3,6,9H2,1H3,(H,23,27). The third-order valence-corrected chi connectivity index (χ3v) is 5.24. The molecule has 2 amide bonds. The third kappa shape index (κ3) is 3.84. The van der Waals surface area contributed by atoms with Crippen LogP contribution in [0, 0.1) is 6.92 Å². The van der Waals surface area contributed by atoms with Crippen molar-refractivity contribution >= 4 is 34.9 Å². The van der Waals surface area contributed by atoms with E-state index >= 15 is 0 Å². The van der Waals surface area contributed by atoms with Gasteiger partial charge in [-0.05, 0) is 44.0 Å². The fraction of sp³-hybridized carbons (Fsp3) is 0.250. The Kier molecular flexibility index (Phi) is 5.24. The molecule has 2 aromatic carbocycles. The van der Waals surface area contributed by atoms with Gasteiger partial charge in [-0.25, -0.2) is 4.79 Å². The Morgan fingerprint density at radius 2 is 2.11 bits per heavy atom. The molecule has 1 atom stereocenters. The summed E-state index contributed by atoms with van der Waals surface area (Å²) >= 11 is 12.1. The first-order chi connectivity index (χ1) is 13.5. The van der Waals surface area contributed by atoms with Crippen molar-refractivity contribution in [2.45, 2.75) is 25.8 Å². The maximum absolute atomic E-state index is 12.8. The van der Waals surface area contributed by atoms with Crippen LogP contribution in [0.4, 0.5) is 10.5 Å². The summed E-state index contributed by atoms with van der Waals surface area (Å²) in [4.78, 5) is 19.0. The van der Waals surface area contributed by atoms with E-state index in [1.165, 1.54) is 0 Å². The minimum atomic E-state index is -0.267. The summed E-state index contributed by atoms with van der Waals surface area (Å²) in [7, 11) is 0. The molecule has 1 aliphatic rings. The number of carbonyl (C=O) groups excluding carboxylic acids is 1. The molecule has 0 saturated carbocycles. The molecule has 0 spiro atoms. The predicted molar refractivity (Wildman–Crippen MR) is 109 cm³/mol. The molecule has 4 rings (SSSR count). The summed E-state index contributed by atoms with van der Waals surface area (Å²) < 4.78 is 5.49. The van der Waals surface area contributed by atoms with E-state index in [4.69, 9.17) is 27.7 Å². The van der Waals surface area contributed by atoms with Crippen LogP contribution in [0.25, 0.3) is 11.4 Å². The highest BCUT2D eigenvalue weighted by molar-refractivity contribution is 6.36. The van der Waals surface area contributed by atoms with Crippen LogP contribution in [-0.2, 0) is 0 Å². The molecule has 3 aromatic rings. The van der Waals surface area contributed by atoms with Gasteiger partial charge in [-0.2, -0.15) is 4.98 Å². The largest absolute Gasteiger partial charge is 0.337 e. The monoisotopic (exact) mass is 416 g/mol. The van der Waals surface area contributed by atoms with Gasteiger partial charge in [-0.3, -0.25) is 0 Å². The SMILES string of the molecule is Cc1cccc(-c2noc(C3CCCN3C(=O)Nc3ccc(Cl)cc3Cl)n2)c1. The smallest absolute Gasteiger partial charge is 0.322 e. The Hall–Kier alpha value is -2.57. The van der Waals surface area contributed by atoms with Gasteiger partial charge in [-0.1, -0.05) is 52.1 Å². The molecule has 1 aliphatic heterocycles. The second kappa shape index (κ2) is 7.81. The minimum absolute atomic E-state index is 0.262. The van der Waals surface area contributed by atoms with Gasteiger partial charge in [0.2, 0.25) is 11.7 Å². The van der Waals surface area contributed by atoms with Crippen LogP contribution in [-0.4, -0.2) is 27.6 Å². The molecule has 0 radical (unpaired) electrons. The molecule has 1 fully saturated rings. The topological polar surface area (TPSA) is 71.3 Å². The van der Waals surface area contributed by atoms with Crippen molar-refractivity contribution in [1.29, 1.82) is 0 Å². The van der Waals surface area contributed by atoms with Crippen molar-refractivity contribution in [3.05, 3.63) is 64.0 Å². The zero-order valence-electron chi connectivity index (χ0n) is 15.2. The summed E-state index contributed by atoms with van der Waals surface area (Å²) in [5.74, 6) is 0.957. The molecule has 2 heterocycles. The number of aryl methyl sites for hydroxylation is 1. The maximum atomic E-state index is 12.8. The second-order valence-corrected chi connectivity index (χ2v) is 7.58. The average Bonchev–Trinajstić information content (AvgIpc) is 3.33. The molecule has 1 aromatic heterocycles. The molecule has 8 heteroatoms. The van der Waals surface area contributed by atoms with Gasteiger partial charge >= 0.3 is 6.03 Å². The number of hydrogen-bond acceptors (Lipinski definition) is 4. The van der Waals surface area contributed by atoms with Gasteiger partial charge in [0.1, 0.15) is 6.04 Å². The van der Waals surface area contributed by atoms with Gasteiger partial charge in [0.05, 0.1) is 10.7 Å². The number of nitrogens with one attached hydrogen (secondary N) is 1. The summed E-state index contributed by atoms with van der Waals surface area (Å²) in [6.45, 7) is 2.61. The van der Waals surface area contributed by atoms with Gasteiger partial charge in [0.25, 0.3) is 0 Å². The molecule has 1 unspecified atom stereocenters. The lowest BCUT2D eigenvalue weighted by Crippen LogP contribution is -2.34. The van der Waals surface area contributed by atoms with E-state index < -0.39 is 0 Å². The number of likely N-dealkylation sites (tertiary alicyclic amines) is 1. The normalized spacial score (nSPS) is 16.4. The van der Waals surface area contributed by atoms with Crippen LogP contribution in [0.3, 0.4) is 0 Å². The number of anilines is 1. The molecule has 0 aliphatic carbocycles. The maximum Gasteiger partial charge on any atom is 0.322 e. The highest BCUT2D eigenvalue weighted by atomic mass is 35.5. The zero-order valence-corrected chi connectivity index (χ0v) is 16.7. The van der Waals surface area contributed by atoms with E-state index in [9.17, 15) is 4.79 Å². The molecular weight excluding hydrogens is 399 g/mol. The second-order valence-electron chi connectivity index (χ2n) is 6.73. The molecule has 6 nitrogen and oxygen atoms in total. The van der Waals surface area contributed by atoms with Crippen molar-refractivity contribution in [1.82, 2.24) is 15.0 Å². The molecule has 1 N–H and O–H groups in total. The number of aromatic nitrogens is 2. The van der Waals surface area contributed by atoms with Crippen molar-refractivity contribution in [3.8, 4) is 11.4 Å². The van der Waals surface area contributed by atoms with Crippen molar-refractivity contribution in [2.75, 3.05) is 11.9 Å². The molecular formula is C20H18Cl2N4O2. The number of halogens is 2. The van der Waals surface area contributed by atoms with Crippen LogP contribution >= 0.6 is 23.2 Å². The highest BCUT2D eigenvalue weighted by Crippen LogP contribution is 2.33. The van der Waals surface area contributed by atoms with Crippen molar-refractivity contribution < 1.29 is 9.32 Å². The fourth-order valence-corrected chi connectivity index (χ4v) is 3.77.